The van der Waals surface area contributed by atoms with Crippen molar-refractivity contribution in [3.05, 3.63) is 70.7 Å². The minimum Gasteiger partial charge on any atom is -0.454 e. The van der Waals surface area contributed by atoms with Crippen molar-refractivity contribution in [2.45, 2.75) is 13.1 Å². The third kappa shape index (κ3) is 5.57. The third-order valence-electron chi connectivity index (χ3n) is 4.21. The van der Waals surface area contributed by atoms with Crippen LogP contribution in [-0.4, -0.2) is 42.4 Å². The minimum absolute atomic E-state index is 0.103. The minimum atomic E-state index is -0.781. The van der Waals surface area contributed by atoms with Crippen LogP contribution in [0.25, 0.3) is 11.5 Å². The second-order valence-electron chi connectivity index (χ2n) is 6.70. The van der Waals surface area contributed by atoms with E-state index in [9.17, 15) is 14.4 Å². The Morgan fingerprint density at radius 2 is 1.80 bits per heavy atom. The molecule has 0 aliphatic rings. The SMILES string of the molecule is CN(C)c1ccc(CNC(=O)COC(=O)Cn2nc(-c3ccccc3)oc2=O)cc1. The van der Waals surface area contributed by atoms with Gasteiger partial charge in [0, 0.05) is 31.9 Å². The van der Waals surface area contributed by atoms with Crippen molar-refractivity contribution in [1.29, 1.82) is 0 Å². The Labute approximate surface area is 172 Å². The summed E-state index contributed by atoms with van der Waals surface area (Å²) in [6.07, 6.45) is 0. The highest BCUT2D eigenvalue weighted by Gasteiger charge is 2.15. The summed E-state index contributed by atoms with van der Waals surface area (Å²) in [6.45, 7) is -0.589. The van der Waals surface area contributed by atoms with Gasteiger partial charge in [-0.1, -0.05) is 30.3 Å². The van der Waals surface area contributed by atoms with Gasteiger partial charge < -0.3 is 19.4 Å². The Morgan fingerprint density at radius 3 is 2.47 bits per heavy atom. The van der Waals surface area contributed by atoms with E-state index in [-0.39, 0.29) is 5.89 Å². The van der Waals surface area contributed by atoms with Crippen molar-refractivity contribution in [1.82, 2.24) is 15.1 Å². The molecule has 30 heavy (non-hydrogen) atoms. The van der Waals surface area contributed by atoms with Crippen LogP contribution in [0.15, 0.2) is 63.8 Å². The molecule has 2 aromatic carbocycles. The molecular formula is C21H22N4O5. The number of esters is 1. The Morgan fingerprint density at radius 1 is 1.10 bits per heavy atom. The summed E-state index contributed by atoms with van der Waals surface area (Å²) in [5, 5.41) is 6.65. The molecule has 0 spiro atoms. The first-order valence-electron chi connectivity index (χ1n) is 9.24. The molecule has 0 radical (unpaired) electrons. The number of benzene rings is 2. The maximum atomic E-state index is 11.9. The zero-order valence-corrected chi connectivity index (χ0v) is 16.7. The number of hydrogen-bond donors (Lipinski definition) is 1. The van der Waals surface area contributed by atoms with Gasteiger partial charge in [-0.3, -0.25) is 9.59 Å². The van der Waals surface area contributed by atoms with Gasteiger partial charge in [-0.15, -0.1) is 5.10 Å². The molecule has 1 N–H and O–H groups in total. The van der Waals surface area contributed by atoms with E-state index < -0.39 is 30.8 Å². The van der Waals surface area contributed by atoms with Crippen LogP contribution in [0.4, 0.5) is 5.69 Å². The number of carbonyl (C=O) groups excluding carboxylic acids is 2. The van der Waals surface area contributed by atoms with Crippen molar-refractivity contribution in [3.63, 3.8) is 0 Å². The van der Waals surface area contributed by atoms with Gasteiger partial charge >= 0.3 is 11.7 Å². The van der Waals surface area contributed by atoms with Crippen molar-refractivity contribution >= 4 is 17.6 Å². The van der Waals surface area contributed by atoms with Crippen molar-refractivity contribution in [2.24, 2.45) is 0 Å². The summed E-state index contributed by atoms with van der Waals surface area (Å²) < 4.78 is 10.8. The zero-order chi connectivity index (χ0) is 21.5. The van der Waals surface area contributed by atoms with Crippen LogP contribution in [0.3, 0.4) is 0 Å². The van der Waals surface area contributed by atoms with Gasteiger partial charge in [0.15, 0.2) is 6.61 Å². The van der Waals surface area contributed by atoms with Gasteiger partial charge in [0.25, 0.3) is 5.91 Å². The van der Waals surface area contributed by atoms with Crippen molar-refractivity contribution in [2.75, 3.05) is 25.6 Å². The van der Waals surface area contributed by atoms with Crippen LogP contribution in [0.1, 0.15) is 5.56 Å². The molecule has 9 nitrogen and oxygen atoms in total. The van der Waals surface area contributed by atoms with Gasteiger partial charge in [-0.2, -0.15) is 4.68 Å². The van der Waals surface area contributed by atoms with Crippen LogP contribution >= 0.6 is 0 Å². The highest BCUT2D eigenvalue weighted by molar-refractivity contribution is 5.80. The topological polar surface area (TPSA) is 107 Å². The lowest BCUT2D eigenvalue weighted by Crippen LogP contribution is -2.30. The number of nitrogens with zero attached hydrogens (tertiary/aromatic N) is 3. The Balaban J connectivity index is 1.46. The van der Waals surface area contributed by atoms with Gasteiger partial charge in [-0.25, -0.2) is 4.79 Å². The van der Waals surface area contributed by atoms with Gasteiger partial charge in [0.1, 0.15) is 6.54 Å². The van der Waals surface area contributed by atoms with Gasteiger partial charge in [0.2, 0.25) is 5.89 Å². The largest absolute Gasteiger partial charge is 0.454 e. The molecule has 0 atom stereocenters. The van der Waals surface area contributed by atoms with Gasteiger partial charge in [-0.05, 0) is 29.8 Å². The molecule has 0 aliphatic heterocycles. The first-order chi connectivity index (χ1) is 14.4. The number of amides is 1. The number of aromatic nitrogens is 2. The lowest BCUT2D eigenvalue weighted by Gasteiger charge is -2.13. The molecule has 0 bridgehead atoms. The van der Waals surface area contributed by atoms with E-state index >= 15 is 0 Å². The molecule has 3 rings (SSSR count). The normalized spacial score (nSPS) is 10.5. The number of nitrogens with one attached hydrogen (secondary N) is 1. The quantitative estimate of drug-likeness (QED) is 0.560. The summed E-state index contributed by atoms with van der Waals surface area (Å²) in [5.41, 5.74) is 2.58. The first kappa shape index (κ1) is 20.8. The Kier molecular flexibility index (Phi) is 6.63. The van der Waals surface area contributed by atoms with E-state index in [1.807, 2.05) is 49.3 Å². The summed E-state index contributed by atoms with van der Waals surface area (Å²) in [7, 11) is 3.89. The summed E-state index contributed by atoms with van der Waals surface area (Å²) in [6, 6.07) is 16.5. The van der Waals surface area contributed by atoms with Crippen LogP contribution < -0.4 is 16.0 Å². The lowest BCUT2D eigenvalue weighted by atomic mass is 10.2. The third-order valence-corrected chi connectivity index (χ3v) is 4.21. The Hall–Kier alpha value is -3.88. The first-order valence-corrected chi connectivity index (χ1v) is 9.24. The molecule has 156 valence electrons. The highest BCUT2D eigenvalue weighted by atomic mass is 16.5. The number of anilines is 1. The van der Waals surface area contributed by atoms with Crippen LogP contribution in [-0.2, 0) is 27.4 Å². The summed E-state index contributed by atoms with van der Waals surface area (Å²) in [5.74, 6) is -1.89. The molecular weight excluding hydrogens is 388 g/mol. The average molecular weight is 410 g/mol. The van der Waals surface area contributed by atoms with Crippen LogP contribution in [0.5, 0.6) is 0 Å². The standard InChI is InChI=1S/C21H22N4O5/c1-24(2)17-10-8-15(9-11-17)12-22-18(26)14-29-19(27)13-25-21(28)30-20(23-25)16-6-4-3-5-7-16/h3-11H,12-14H2,1-2H3,(H,22,26). The monoisotopic (exact) mass is 410 g/mol. The number of rotatable bonds is 8. The maximum absolute atomic E-state index is 11.9. The van der Waals surface area contributed by atoms with E-state index in [0.29, 0.717) is 12.1 Å². The molecule has 1 amide bonds. The number of ether oxygens (including phenoxy) is 1. The second-order valence-corrected chi connectivity index (χ2v) is 6.70. The molecule has 1 aromatic heterocycles. The molecule has 9 heteroatoms. The summed E-state index contributed by atoms with van der Waals surface area (Å²) in [4.78, 5) is 37.7. The fourth-order valence-corrected chi connectivity index (χ4v) is 2.58. The van der Waals surface area contributed by atoms with Gasteiger partial charge in [0.05, 0.1) is 0 Å². The fraction of sp³-hybridized carbons (Fsp3) is 0.238. The second kappa shape index (κ2) is 9.55. The van der Waals surface area contributed by atoms with E-state index in [0.717, 1.165) is 15.9 Å². The Bertz CT molecular complexity index is 1060. The van der Waals surface area contributed by atoms with E-state index in [2.05, 4.69) is 10.4 Å². The molecule has 0 unspecified atom stereocenters. The average Bonchev–Trinajstić information content (AvgIpc) is 3.12. The fourth-order valence-electron chi connectivity index (χ4n) is 2.58. The smallest absolute Gasteiger partial charge is 0.437 e. The molecule has 3 aromatic rings. The molecule has 0 saturated carbocycles. The number of hydrogen-bond acceptors (Lipinski definition) is 7. The molecule has 0 aliphatic carbocycles. The van der Waals surface area contributed by atoms with E-state index in [1.165, 1.54) is 0 Å². The molecule has 1 heterocycles. The number of carbonyl (C=O) groups is 2. The summed E-state index contributed by atoms with van der Waals surface area (Å²) >= 11 is 0. The predicted octanol–water partition coefficient (Wildman–Crippen LogP) is 1.43. The lowest BCUT2D eigenvalue weighted by molar-refractivity contribution is -0.149. The van der Waals surface area contributed by atoms with Crippen molar-refractivity contribution < 1.29 is 18.7 Å². The molecule has 0 fully saturated rings. The zero-order valence-electron chi connectivity index (χ0n) is 16.7. The molecule has 0 saturated heterocycles. The predicted molar refractivity (Wildman–Crippen MR) is 110 cm³/mol. The van der Waals surface area contributed by atoms with Crippen LogP contribution in [0, 0.1) is 0 Å². The van der Waals surface area contributed by atoms with E-state index in [4.69, 9.17) is 9.15 Å². The van der Waals surface area contributed by atoms with Crippen LogP contribution in [0.2, 0.25) is 0 Å². The highest BCUT2D eigenvalue weighted by Crippen LogP contribution is 2.14. The van der Waals surface area contributed by atoms with E-state index in [1.54, 1.807) is 24.3 Å². The maximum Gasteiger partial charge on any atom is 0.437 e. The van der Waals surface area contributed by atoms with Crippen molar-refractivity contribution in [3.8, 4) is 11.5 Å².